The fourth-order valence-electron chi connectivity index (χ4n) is 1.42. The van der Waals surface area contributed by atoms with E-state index in [-0.39, 0.29) is 5.75 Å². The van der Waals surface area contributed by atoms with Gasteiger partial charge < -0.3 is 4.74 Å². The summed E-state index contributed by atoms with van der Waals surface area (Å²) in [6.45, 7) is 0. The molecule has 1 aromatic heterocycles. The van der Waals surface area contributed by atoms with E-state index < -0.39 is 6.36 Å². The number of hydrogen-bond donors (Lipinski definition) is 0. The molecule has 0 saturated heterocycles. The van der Waals surface area contributed by atoms with Crippen molar-refractivity contribution in [1.29, 1.82) is 0 Å². The van der Waals surface area contributed by atoms with Crippen LogP contribution in [0.5, 0.6) is 5.75 Å². The predicted octanol–water partition coefficient (Wildman–Crippen LogP) is 4.30. The van der Waals surface area contributed by atoms with Crippen molar-refractivity contribution in [2.24, 2.45) is 0 Å². The molecule has 0 saturated carbocycles. The van der Waals surface area contributed by atoms with Gasteiger partial charge in [-0.2, -0.15) is 0 Å². The van der Waals surface area contributed by atoms with Gasteiger partial charge in [0.1, 0.15) is 5.75 Å². The number of alkyl halides is 3. The van der Waals surface area contributed by atoms with E-state index in [1.54, 1.807) is 12.3 Å². The number of pyridine rings is 1. The lowest BCUT2D eigenvalue weighted by molar-refractivity contribution is -0.274. The number of rotatable bonds is 2. The lowest BCUT2D eigenvalue weighted by Crippen LogP contribution is -2.16. The zero-order valence-electron chi connectivity index (χ0n) is 8.91. The highest BCUT2D eigenvalue weighted by Gasteiger charge is 2.30. The average molecular weight is 274 g/mol. The Hall–Kier alpha value is -1.75. The molecule has 1 aromatic carbocycles. The molecule has 0 aliphatic carbocycles. The Balaban J connectivity index is 2.22. The number of ether oxygens (including phenoxy) is 1. The van der Waals surface area contributed by atoms with Gasteiger partial charge >= 0.3 is 6.36 Å². The fraction of sp³-hybridized carbons (Fsp3) is 0.0833. The number of halogens is 4. The summed E-state index contributed by atoms with van der Waals surface area (Å²) in [5, 5.41) is 0.461. The summed E-state index contributed by atoms with van der Waals surface area (Å²) in [5.74, 6) is -0.263. The first-order chi connectivity index (χ1) is 8.44. The van der Waals surface area contributed by atoms with Crippen LogP contribution in [-0.4, -0.2) is 11.3 Å². The van der Waals surface area contributed by atoms with Gasteiger partial charge in [-0.15, -0.1) is 13.2 Å². The van der Waals surface area contributed by atoms with Crippen LogP contribution in [0.25, 0.3) is 11.1 Å². The fourth-order valence-corrected chi connectivity index (χ4v) is 1.59. The van der Waals surface area contributed by atoms with Crippen LogP contribution in [0.15, 0.2) is 42.7 Å². The highest BCUT2D eigenvalue weighted by molar-refractivity contribution is 6.30. The molecule has 94 valence electrons. The molecule has 0 spiro atoms. The molecule has 0 amide bonds. The minimum atomic E-state index is -4.68. The number of aromatic nitrogens is 1. The topological polar surface area (TPSA) is 22.1 Å². The zero-order valence-corrected chi connectivity index (χ0v) is 9.66. The maximum absolute atomic E-state index is 12.0. The van der Waals surface area contributed by atoms with Crippen molar-refractivity contribution < 1.29 is 17.9 Å². The Morgan fingerprint density at radius 1 is 1.00 bits per heavy atom. The van der Waals surface area contributed by atoms with Crippen LogP contribution in [0, 0.1) is 0 Å². The monoisotopic (exact) mass is 273 g/mol. The van der Waals surface area contributed by atoms with Crippen molar-refractivity contribution in [3.63, 3.8) is 0 Å². The van der Waals surface area contributed by atoms with E-state index in [0.29, 0.717) is 10.6 Å². The highest BCUT2D eigenvalue weighted by Crippen LogP contribution is 2.27. The van der Waals surface area contributed by atoms with Crippen molar-refractivity contribution in [2.75, 3.05) is 0 Å². The van der Waals surface area contributed by atoms with Gasteiger partial charge in [0.15, 0.2) is 0 Å². The summed E-state index contributed by atoms with van der Waals surface area (Å²) in [6, 6.07) is 7.17. The summed E-state index contributed by atoms with van der Waals surface area (Å²) in [6.07, 6.45) is -1.63. The second kappa shape index (κ2) is 4.86. The van der Waals surface area contributed by atoms with Crippen molar-refractivity contribution in [1.82, 2.24) is 4.98 Å². The van der Waals surface area contributed by atoms with Crippen LogP contribution in [0.3, 0.4) is 0 Å². The Labute approximate surface area is 106 Å². The van der Waals surface area contributed by atoms with Gasteiger partial charge in [-0.1, -0.05) is 23.7 Å². The van der Waals surface area contributed by atoms with Gasteiger partial charge in [-0.3, -0.25) is 4.98 Å². The summed E-state index contributed by atoms with van der Waals surface area (Å²) in [4.78, 5) is 3.90. The maximum Gasteiger partial charge on any atom is 0.573 e. The standard InChI is InChI=1S/C12H7ClF3NO/c13-10-5-9(6-17-7-10)8-1-3-11(4-2-8)18-12(14,15)16/h1-7H. The molecule has 2 rings (SSSR count). The van der Waals surface area contributed by atoms with Crippen LogP contribution in [-0.2, 0) is 0 Å². The Bertz CT molecular complexity index is 540. The molecule has 0 aliphatic rings. The van der Waals surface area contributed by atoms with Crippen molar-refractivity contribution >= 4 is 11.6 Å². The molecule has 0 N–H and O–H groups in total. The summed E-state index contributed by atoms with van der Waals surface area (Å²) >= 11 is 5.78. The molecule has 18 heavy (non-hydrogen) atoms. The maximum atomic E-state index is 12.0. The van der Waals surface area contributed by atoms with Crippen molar-refractivity contribution in [3.8, 4) is 16.9 Å². The number of hydrogen-bond acceptors (Lipinski definition) is 2. The van der Waals surface area contributed by atoms with Crippen LogP contribution in [0.4, 0.5) is 13.2 Å². The quantitative estimate of drug-likeness (QED) is 0.814. The molecular weight excluding hydrogens is 267 g/mol. The van der Waals surface area contributed by atoms with Gasteiger partial charge in [0.25, 0.3) is 0 Å². The highest BCUT2D eigenvalue weighted by atomic mass is 35.5. The molecule has 0 fully saturated rings. The minimum Gasteiger partial charge on any atom is -0.406 e. The zero-order chi connectivity index (χ0) is 13.2. The van der Waals surface area contributed by atoms with Gasteiger partial charge in [0.05, 0.1) is 5.02 Å². The van der Waals surface area contributed by atoms with Crippen LogP contribution in [0.2, 0.25) is 5.02 Å². The summed E-state index contributed by atoms with van der Waals surface area (Å²) in [5.41, 5.74) is 1.43. The second-order valence-corrected chi connectivity index (χ2v) is 3.90. The van der Waals surface area contributed by atoms with E-state index in [4.69, 9.17) is 11.6 Å². The molecule has 2 nitrogen and oxygen atoms in total. The second-order valence-electron chi connectivity index (χ2n) is 3.46. The van der Waals surface area contributed by atoms with Gasteiger partial charge in [-0.25, -0.2) is 0 Å². The molecular formula is C12H7ClF3NO. The van der Waals surface area contributed by atoms with Gasteiger partial charge in [-0.05, 0) is 23.8 Å². The summed E-state index contributed by atoms with van der Waals surface area (Å²) < 4.78 is 39.7. The Morgan fingerprint density at radius 2 is 1.67 bits per heavy atom. The molecule has 2 aromatic rings. The van der Waals surface area contributed by atoms with E-state index in [2.05, 4.69) is 9.72 Å². The first kappa shape index (κ1) is 12.7. The van der Waals surface area contributed by atoms with Gasteiger partial charge in [0, 0.05) is 18.0 Å². The molecule has 0 atom stereocenters. The van der Waals surface area contributed by atoms with Crippen LogP contribution < -0.4 is 4.74 Å². The smallest absolute Gasteiger partial charge is 0.406 e. The Kier molecular flexibility index (Phi) is 3.43. The largest absolute Gasteiger partial charge is 0.573 e. The van der Waals surface area contributed by atoms with Gasteiger partial charge in [0.2, 0.25) is 0 Å². The molecule has 0 bridgehead atoms. The Morgan fingerprint density at radius 3 is 2.22 bits per heavy atom. The number of nitrogens with zero attached hydrogens (tertiary/aromatic N) is 1. The number of benzene rings is 1. The van der Waals surface area contributed by atoms with Crippen LogP contribution >= 0.6 is 11.6 Å². The lowest BCUT2D eigenvalue weighted by Gasteiger charge is -2.09. The van der Waals surface area contributed by atoms with E-state index in [1.165, 1.54) is 30.5 Å². The molecule has 0 radical (unpaired) electrons. The van der Waals surface area contributed by atoms with E-state index in [1.807, 2.05) is 0 Å². The van der Waals surface area contributed by atoms with Crippen LogP contribution in [0.1, 0.15) is 0 Å². The molecule has 1 heterocycles. The molecule has 0 unspecified atom stereocenters. The minimum absolute atomic E-state index is 0.263. The SMILES string of the molecule is FC(F)(F)Oc1ccc(-c2cncc(Cl)c2)cc1. The molecule has 0 aliphatic heterocycles. The first-order valence-corrected chi connectivity index (χ1v) is 5.28. The third-order valence-electron chi connectivity index (χ3n) is 2.13. The van der Waals surface area contributed by atoms with Crippen molar-refractivity contribution in [3.05, 3.63) is 47.7 Å². The molecule has 6 heteroatoms. The average Bonchev–Trinajstić information content (AvgIpc) is 2.28. The van der Waals surface area contributed by atoms with E-state index >= 15 is 0 Å². The third kappa shape index (κ3) is 3.37. The van der Waals surface area contributed by atoms with E-state index in [9.17, 15) is 13.2 Å². The lowest BCUT2D eigenvalue weighted by atomic mass is 10.1. The third-order valence-corrected chi connectivity index (χ3v) is 2.33. The first-order valence-electron chi connectivity index (χ1n) is 4.91. The predicted molar refractivity (Wildman–Crippen MR) is 61.4 cm³/mol. The normalized spacial score (nSPS) is 11.3. The summed E-state index contributed by atoms with van der Waals surface area (Å²) in [7, 11) is 0. The van der Waals surface area contributed by atoms with E-state index in [0.717, 1.165) is 5.56 Å². The van der Waals surface area contributed by atoms with Crippen molar-refractivity contribution in [2.45, 2.75) is 6.36 Å².